The lowest BCUT2D eigenvalue weighted by Gasteiger charge is -2.41. The predicted octanol–water partition coefficient (Wildman–Crippen LogP) is -2.75. The van der Waals surface area contributed by atoms with Gasteiger partial charge in [-0.2, -0.15) is 24.9 Å². The Labute approximate surface area is 481 Å². The number of rotatable bonds is 36. The number of alkyl halides is 3. The lowest BCUT2D eigenvalue weighted by atomic mass is 9.98. The molecule has 5 heterocycles. The summed E-state index contributed by atoms with van der Waals surface area (Å²) in [7, 11) is 2.91. The van der Waals surface area contributed by atoms with Crippen LogP contribution in [0.2, 0.25) is 0 Å². The first-order valence-corrected chi connectivity index (χ1v) is 30.1. The molecule has 5 aliphatic rings. The number of hydrogen-bond donors (Lipinski definition) is 14. The Hall–Kier alpha value is -3.95. The van der Waals surface area contributed by atoms with Crippen LogP contribution in [0, 0.1) is 0 Å². The maximum atomic E-state index is 14.1. The molecule has 1 aromatic carbocycles. The third kappa shape index (κ3) is 19.5. The van der Waals surface area contributed by atoms with Crippen molar-refractivity contribution in [1.82, 2.24) is 31.9 Å². The number of amides is 6. The van der Waals surface area contributed by atoms with Gasteiger partial charge in [-0.3, -0.25) is 19.2 Å². The number of aliphatic hydroxyl groups excluding tert-OH is 8. The van der Waals surface area contributed by atoms with Crippen molar-refractivity contribution in [2.45, 2.75) is 135 Å². The fourth-order valence-corrected chi connectivity index (χ4v) is 12.5. The Bertz CT molecular complexity index is 2210. The highest BCUT2D eigenvalue weighted by Crippen LogP contribution is 2.53. The van der Waals surface area contributed by atoms with Crippen molar-refractivity contribution < 1.29 is 111 Å². The van der Waals surface area contributed by atoms with E-state index in [2.05, 4.69) is 42.1 Å². The second-order valence-electron chi connectivity index (χ2n) is 19.4. The Balaban J connectivity index is 0.853. The van der Waals surface area contributed by atoms with Gasteiger partial charge in [0.15, 0.2) is 12.6 Å². The highest BCUT2D eigenvalue weighted by molar-refractivity contribution is 8.76. The Morgan fingerprint density at radius 1 is 0.744 bits per heavy atom. The molecule has 464 valence electrons. The Morgan fingerprint density at radius 2 is 1.29 bits per heavy atom. The van der Waals surface area contributed by atoms with Crippen LogP contribution in [-0.2, 0) is 48.5 Å². The second kappa shape index (κ2) is 33.1. The monoisotopic (exact) mass is 1230 g/mol. The summed E-state index contributed by atoms with van der Waals surface area (Å²) in [6.07, 6.45) is -18.5. The quantitative estimate of drug-likeness (QED) is 0.0184. The molecule has 5 aliphatic heterocycles. The zero-order valence-electron chi connectivity index (χ0n) is 44.4. The van der Waals surface area contributed by atoms with E-state index in [1.165, 1.54) is 21.6 Å². The molecule has 82 heavy (non-hydrogen) atoms. The van der Waals surface area contributed by atoms with Crippen LogP contribution in [-0.4, -0.2) is 258 Å². The number of benzene rings is 1. The molecule has 1 aromatic rings. The first-order chi connectivity index (χ1) is 39.3. The molecule has 0 spiro atoms. The molecule has 2 unspecified atom stereocenters. The van der Waals surface area contributed by atoms with Crippen molar-refractivity contribution >= 4 is 63.0 Å². The molecule has 13 atom stereocenters. The zero-order chi connectivity index (χ0) is 59.4. The lowest BCUT2D eigenvalue weighted by Crippen LogP contribution is -2.61. The molecule has 28 nitrogen and oxygen atoms in total. The molecular weight excluding hydrogens is 1160 g/mol. The van der Waals surface area contributed by atoms with Gasteiger partial charge in [0.05, 0.1) is 76.5 Å². The molecule has 0 radical (unpaired) electrons. The number of hydrogen-bond acceptors (Lipinski definition) is 25. The number of ether oxygens (including phenoxy) is 7. The first kappa shape index (κ1) is 67.2. The minimum Gasteiger partial charge on any atom is -0.490 e. The lowest BCUT2D eigenvalue weighted by molar-refractivity contribution is -0.299. The standard InChI is InChI=1S/C48H73F3N8O20S3/c49-48(50,51)47(58-59-47)25-5-6-27(43(69)55-26(22-76-41-30(20-60)78-44(70)39(67)37(41)65)23-77-42-31(21-61)79-45(71)40(68)38(42)66)29(19-25)75-16-15-74-14-13-73-12-11-54-35(64)8-18-82-81-17-7-34(63)53-10-9-52-33(62)4-2-1-3-32-36-28(24-80-32)56-46(72)57-36/h5-6,19,26,28,30-32,36-42,44-45,60-61,65-68,70-71H,1-4,7-18,20-24H2,(H,52,62)(H,53,63)(H,54,64)(H,55,69)(H2,56,57,72)/t26?,28-,30+,31+,32-,36-,37+,38+,39+,40+,41+,42+,44?,45?/m0/s1. The summed E-state index contributed by atoms with van der Waals surface area (Å²) in [5, 5.41) is 105. The summed E-state index contributed by atoms with van der Waals surface area (Å²) in [6.45, 7) is -2.21. The van der Waals surface area contributed by atoms with Gasteiger partial charge in [0.25, 0.3) is 5.91 Å². The predicted molar refractivity (Wildman–Crippen MR) is 284 cm³/mol. The van der Waals surface area contributed by atoms with Crippen LogP contribution in [0.15, 0.2) is 28.4 Å². The largest absolute Gasteiger partial charge is 0.490 e. The van der Waals surface area contributed by atoms with Crippen LogP contribution in [0.25, 0.3) is 0 Å². The molecule has 4 fully saturated rings. The van der Waals surface area contributed by atoms with Crippen molar-refractivity contribution in [1.29, 1.82) is 0 Å². The normalized spacial score (nSPS) is 28.6. The van der Waals surface area contributed by atoms with Crippen LogP contribution in [0.4, 0.5) is 18.0 Å². The average molecular weight is 1240 g/mol. The van der Waals surface area contributed by atoms with Gasteiger partial charge in [-0.05, 0) is 25.0 Å². The third-order valence-electron chi connectivity index (χ3n) is 13.5. The number of halogens is 3. The van der Waals surface area contributed by atoms with E-state index in [-0.39, 0.29) is 99.6 Å². The van der Waals surface area contributed by atoms with Crippen molar-refractivity contribution in [3.05, 3.63) is 29.3 Å². The zero-order valence-corrected chi connectivity index (χ0v) is 46.8. The number of fused-ring (bicyclic) bond motifs is 1. The van der Waals surface area contributed by atoms with E-state index in [0.717, 1.165) is 43.2 Å². The fraction of sp³-hybridized carbons (Fsp3) is 0.771. The SMILES string of the molecule is O=C(CCCC[C@@H]1SC[C@@H]2NC(=O)N[C@@H]21)NCCNC(=O)CCSSCCC(=O)NCCOCCOCCOc1cc(C2(C(F)(F)F)N=N2)ccc1C(=O)NC(CO[C@H]1[C@H](O)[C@@H](O)C(O)O[C@@H]1CO)CO[C@H]1[C@H](O)[C@@H](O)C(O)O[C@@H]1CO. The number of nitrogens with one attached hydrogen (secondary N) is 6. The highest BCUT2D eigenvalue weighted by atomic mass is 33.1. The smallest absolute Gasteiger partial charge is 0.442 e. The molecule has 34 heteroatoms. The van der Waals surface area contributed by atoms with E-state index in [9.17, 15) is 78.0 Å². The van der Waals surface area contributed by atoms with Crippen molar-refractivity contribution in [2.75, 3.05) is 96.4 Å². The van der Waals surface area contributed by atoms with E-state index in [1.807, 2.05) is 11.8 Å². The molecule has 0 aliphatic carbocycles. The summed E-state index contributed by atoms with van der Waals surface area (Å²) >= 11 is 1.84. The summed E-state index contributed by atoms with van der Waals surface area (Å²) in [4.78, 5) is 62.2. The highest BCUT2D eigenvalue weighted by Gasteiger charge is 2.65. The molecule has 4 saturated heterocycles. The first-order valence-electron chi connectivity index (χ1n) is 26.6. The summed E-state index contributed by atoms with van der Waals surface area (Å²) in [5.74, 6) is 0.137. The Kier molecular flexibility index (Phi) is 27.1. The summed E-state index contributed by atoms with van der Waals surface area (Å²) < 4.78 is 80.8. The topological polar surface area (TPSA) is 409 Å². The van der Waals surface area contributed by atoms with Crippen LogP contribution in [0.1, 0.15) is 54.4 Å². The van der Waals surface area contributed by atoms with Gasteiger partial charge in [0.2, 0.25) is 17.7 Å². The molecule has 6 amide bonds. The maximum Gasteiger partial charge on any atom is 0.442 e. The maximum absolute atomic E-state index is 14.1. The van der Waals surface area contributed by atoms with Gasteiger partial charge < -0.3 is 106 Å². The van der Waals surface area contributed by atoms with Crippen molar-refractivity contribution in [3.8, 4) is 5.75 Å². The van der Waals surface area contributed by atoms with Crippen LogP contribution in [0.3, 0.4) is 0 Å². The number of carbonyl (C=O) groups excluding carboxylic acids is 5. The third-order valence-corrected chi connectivity index (χ3v) is 17.4. The minimum absolute atomic E-state index is 0.0373. The molecule has 14 N–H and O–H groups in total. The van der Waals surface area contributed by atoms with E-state index in [0.29, 0.717) is 36.3 Å². The Morgan fingerprint density at radius 3 is 1.85 bits per heavy atom. The van der Waals surface area contributed by atoms with Gasteiger partial charge >= 0.3 is 17.9 Å². The van der Waals surface area contributed by atoms with Gasteiger partial charge in [-0.15, -0.1) is 10.2 Å². The molecule has 0 aromatic heterocycles. The van der Waals surface area contributed by atoms with Crippen molar-refractivity contribution in [3.63, 3.8) is 0 Å². The number of aliphatic hydroxyl groups is 8. The fourth-order valence-electron chi connectivity index (χ4n) is 9.01. The number of carbonyl (C=O) groups is 5. The summed E-state index contributed by atoms with van der Waals surface area (Å²) in [6, 6.07) is 1.76. The van der Waals surface area contributed by atoms with Crippen molar-refractivity contribution in [2.24, 2.45) is 10.2 Å². The van der Waals surface area contributed by atoms with Crippen LogP contribution < -0.4 is 36.6 Å². The van der Waals surface area contributed by atoms with Gasteiger partial charge in [0.1, 0.15) is 61.2 Å². The second-order valence-corrected chi connectivity index (χ2v) is 23.4. The van der Waals surface area contributed by atoms with Crippen LogP contribution >= 0.6 is 33.3 Å². The number of nitrogens with zero attached hydrogens (tertiary/aromatic N) is 2. The van der Waals surface area contributed by atoms with Gasteiger partial charge in [-0.1, -0.05) is 34.1 Å². The minimum atomic E-state index is -4.95. The van der Waals surface area contributed by atoms with E-state index in [4.69, 9.17) is 33.2 Å². The number of urea groups is 1. The van der Waals surface area contributed by atoms with Gasteiger partial charge in [-0.25, -0.2) is 4.79 Å². The van der Waals surface area contributed by atoms with E-state index in [1.54, 1.807) is 0 Å². The molecular formula is C48H73F3N8O20S3. The molecule has 6 rings (SSSR count). The van der Waals surface area contributed by atoms with Gasteiger partial charge in [0, 0.05) is 67.0 Å². The molecule has 0 bridgehead atoms. The summed E-state index contributed by atoms with van der Waals surface area (Å²) in [5.41, 5.74) is -3.72. The van der Waals surface area contributed by atoms with E-state index < -0.39 is 117 Å². The number of thioether (sulfide) groups is 1. The van der Waals surface area contributed by atoms with E-state index >= 15 is 0 Å². The number of unbranched alkanes of at least 4 members (excludes halogenated alkanes) is 1. The van der Waals surface area contributed by atoms with Crippen LogP contribution in [0.5, 0.6) is 5.75 Å². The molecule has 0 saturated carbocycles. The average Bonchev–Trinajstić information content (AvgIpc) is 3.90.